The molecule has 3 nitrogen and oxygen atoms in total. The molecule has 0 heterocycles. The van der Waals surface area contributed by atoms with Gasteiger partial charge in [-0.15, -0.1) is 0 Å². The summed E-state index contributed by atoms with van der Waals surface area (Å²) in [7, 11) is 0. The molecule has 0 aliphatic heterocycles. The van der Waals surface area contributed by atoms with Crippen LogP contribution in [0.5, 0.6) is 0 Å². The second kappa shape index (κ2) is 10.4. The lowest BCUT2D eigenvalue weighted by atomic mass is 9.69. The summed E-state index contributed by atoms with van der Waals surface area (Å²) in [6.07, 6.45) is 3.29. The van der Waals surface area contributed by atoms with Gasteiger partial charge >= 0.3 is 0 Å². The van der Waals surface area contributed by atoms with Crippen LogP contribution in [0.3, 0.4) is 0 Å². The molecule has 3 heteroatoms. The van der Waals surface area contributed by atoms with Gasteiger partial charge in [0.1, 0.15) is 0 Å². The van der Waals surface area contributed by atoms with Gasteiger partial charge in [-0.1, -0.05) is 65.8 Å². The van der Waals surface area contributed by atoms with Gasteiger partial charge < -0.3 is 11.5 Å². The first-order valence-electron chi connectivity index (χ1n) is 10.3. The third-order valence-electron chi connectivity index (χ3n) is 5.01. The molecular formula is C23H43N3. The molecule has 150 valence electrons. The van der Waals surface area contributed by atoms with Crippen molar-refractivity contribution in [3.8, 4) is 0 Å². The summed E-state index contributed by atoms with van der Waals surface area (Å²) >= 11 is 0. The molecule has 0 saturated carbocycles. The molecule has 1 aromatic rings. The summed E-state index contributed by atoms with van der Waals surface area (Å²) in [5.74, 6) is 0.571. The fraction of sp³-hybridized carbons (Fsp3) is 0.739. The Morgan fingerprint density at radius 2 is 1.35 bits per heavy atom. The minimum Gasteiger partial charge on any atom is -0.330 e. The first-order valence-corrected chi connectivity index (χ1v) is 10.3. The summed E-state index contributed by atoms with van der Waals surface area (Å²) in [6, 6.07) is 9.32. The van der Waals surface area contributed by atoms with Crippen LogP contribution in [0.15, 0.2) is 24.3 Å². The Morgan fingerprint density at radius 3 is 1.73 bits per heavy atom. The molecule has 1 atom stereocenters. The molecule has 1 aromatic carbocycles. The zero-order valence-electron chi connectivity index (χ0n) is 18.1. The molecule has 0 aromatic heterocycles. The van der Waals surface area contributed by atoms with Crippen molar-refractivity contribution < 1.29 is 0 Å². The SMILES string of the molecule is CC(C)(C)CC(c1ccc(CN(CCCN)CCCN)cc1)C(C)(C)C. The number of benzene rings is 1. The van der Waals surface area contributed by atoms with E-state index in [1.165, 1.54) is 17.5 Å². The van der Waals surface area contributed by atoms with Crippen molar-refractivity contribution >= 4 is 0 Å². The highest BCUT2D eigenvalue weighted by Gasteiger charge is 2.30. The number of nitrogens with two attached hydrogens (primary N) is 2. The highest BCUT2D eigenvalue weighted by molar-refractivity contribution is 5.27. The average molecular weight is 362 g/mol. The molecule has 0 saturated heterocycles. The van der Waals surface area contributed by atoms with Crippen LogP contribution in [0.1, 0.15) is 77.8 Å². The Bertz CT molecular complexity index is 486. The van der Waals surface area contributed by atoms with E-state index in [2.05, 4.69) is 70.7 Å². The van der Waals surface area contributed by atoms with Crippen molar-refractivity contribution in [2.75, 3.05) is 26.2 Å². The Morgan fingerprint density at radius 1 is 0.846 bits per heavy atom. The van der Waals surface area contributed by atoms with Gasteiger partial charge in [0.15, 0.2) is 0 Å². The predicted octanol–water partition coefficient (Wildman–Crippen LogP) is 4.75. The lowest BCUT2D eigenvalue weighted by molar-refractivity contribution is 0.229. The van der Waals surface area contributed by atoms with Crippen LogP contribution in [0, 0.1) is 10.8 Å². The number of hydrogen-bond donors (Lipinski definition) is 2. The molecule has 1 unspecified atom stereocenters. The minimum absolute atomic E-state index is 0.267. The summed E-state index contributed by atoms with van der Waals surface area (Å²) in [4.78, 5) is 2.48. The van der Waals surface area contributed by atoms with E-state index in [0.29, 0.717) is 11.3 Å². The molecule has 4 N–H and O–H groups in total. The first kappa shape index (κ1) is 23.1. The van der Waals surface area contributed by atoms with Gasteiger partial charge in [-0.3, -0.25) is 4.90 Å². The van der Waals surface area contributed by atoms with Gasteiger partial charge in [-0.25, -0.2) is 0 Å². The van der Waals surface area contributed by atoms with Crippen molar-refractivity contribution in [3.63, 3.8) is 0 Å². The maximum atomic E-state index is 5.69. The predicted molar refractivity (Wildman–Crippen MR) is 115 cm³/mol. The molecule has 0 aliphatic rings. The second-order valence-corrected chi connectivity index (χ2v) is 9.99. The van der Waals surface area contributed by atoms with Crippen LogP contribution < -0.4 is 11.5 Å². The Hall–Kier alpha value is -0.900. The molecule has 0 fully saturated rings. The average Bonchev–Trinajstić information content (AvgIpc) is 2.54. The van der Waals surface area contributed by atoms with Gasteiger partial charge in [-0.2, -0.15) is 0 Å². The van der Waals surface area contributed by atoms with E-state index in [0.717, 1.165) is 45.6 Å². The van der Waals surface area contributed by atoms with E-state index in [4.69, 9.17) is 11.5 Å². The van der Waals surface area contributed by atoms with Crippen LogP contribution in [0.4, 0.5) is 0 Å². The number of nitrogens with zero attached hydrogens (tertiary/aromatic N) is 1. The van der Waals surface area contributed by atoms with E-state index >= 15 is 0 Å². The Kier molecular flexibility index (Phi) is 9.29. The number of rotatable bonds is 10. The maximum Gasteiger partial charge on any atom is 0.0233 e. The molecule has 0 spiro atoms. The fourth-order valence-electron chi connectivity index (χ4n) is 3.55. The second-order valence-electron chi connectivity index (χ2n) is 9.99. The smallest absolute Gasteiger partial charge is 0.0233 e. The topological polar surface area (TPSA) is 55.3 Å². The molecule has 1 rings (SSSR count). The first-order chi connectivity index (χ1) is 12.1. The third-order valence-corrected chi connectivity index (χ3v) is 5.01. The zero-order chi connectivity index (χ0) is 19.8. The van der Waals surface area contributed by atoms with E-state index in [1.807, 2.05) is 0 Å². The van der Waals surface area contributed by atoms with Crippen molar-refractivity contribution in [3.05, 3.63) is 35.4 Å². The van der Waals surface area contributed by atoms with Gasteiger partial charge in [0, 0.05) is 6.54 Å². The highest BCUT2D eigenvalue weighted by atomic mass is 15.1. The molecule has 0 amide bonds. The van der Waals surface area contributed by atoms with Gasteiger partial charge in [0.05, 0.1) is 0 Å². The van der Waals surface area contributed by atoms with E-state index < -0.39 is 0 Å². The Balaban J connectivity index is 2.86. The molecule has 0 aliphatic carbocycles. The molecular weight excluding hydrogens is 318 g/mol. The summed E-state index contributed by atoms with van der Waals surface area (Å²) in [5, 5.41) is 0. The van der Waals surface area contributed by atoms with E-state index in [9.17, 15) is 0 Å². The fourth-order valence-corrected chi connectivity index (χ4v) is 3.55. The van der Waals surface area contributed by atoms with Gasteiger partial charge in [-0.05, 0) is 73.3 Å². The minimum atomic E-state index is 0.267. The normalized spacial score (nSPS) is 14.0. The van der Waals surface area contributed by atoms with Crippen molar-refractivity contribution in [2.45, 2.75) is 73.3 Å². The third kappa shape index (κ3) is 8.66. The lowest BCUT2D eigenvalue weighted by Gasteiger charge is -2.36. The maximum absolute atomic E-state index is 5.69. The monoisotopic (exact) mass is 361 g/mol. The Labute approximate surface area is 162 Å². The van der Waals surface area contributed by atoms with Crippen LogP contribution in [0.2, 0.25) is 0 Å². The molecule has 26 heavy (non-hydrogen) atoms. The van der Waals surface area contributed by atoms with Crippen LogP contribution in [-0.4, -0.2) is 31.1 Å². The van der Waals surface area contributed by atoms with Gasteiger partial charge in [0.2, 0.25) is 0 Å². The van der Waals surface area contributed by atoms with Crippen molar-refractivity contribution in [1.29, 1.82) is 0 Å². The lowest BCUT2D eigenvalue weighted by Crippen LogP contribution is -2.28. The van der Waals surface area contributed by atoms with Crippen molar-refractivity contribution in [1.82, 2.24) is 4.90 Å². The van der Waals surface area contributed by atoms with Crippen LogP contribution >= 0.6 is 0 Å². The standard InChI is InChI=1S/C23H43N3/c1-22(2,3)17-21(23(4,5)6)20-11-9-19(10-12-20)18-26(15-7-13-24)16-8-14-25/h9-12,21H,7-8,13-18,24-25H2,1-6H3. The van der Waals surface area contributed by atoms with Gasteiger partial charge in [0.25, 0.3) is 0 Å². The van der Waals surface area contributed by atoms with Crippen LogP contribution in [-0.2, 0) is 6.54 Å². The quantitative estimate of drug-likeness (QED) is 0.632. The van der Waals surface area contributed by atoms with Crippen molar-refractivity contribution in [2.24, 2.45) is 22.3 Å². The zero-order valence-corrected chi connectivity index (χ0v) is 18.1. The molecule has 0 radical (unpaired) electrons. The van der Waals surface area contributed by atoms with Crippen LogP contribution in [0.25, 0.3) is 0 Å². The van der Waals surface area contributed by atoms with E-state index in [-0.39, 0.29) is 5.41 Å². The summed E-state index contributed by atoms with van der Waals surface area (Å²) in [5.41, 5.74) is 14.8. The summed E-state index contributed by atoms with van der Waals surface area (Å²) in [6.45, 7) is 18.7. The molecule has 0 bridgehead atoms. The number of hydrogen-bond acceptors (Lipinski definition) is 3. The highest BCUT2D eigenvalue weighted by Crippen LogP contribution is 2.43. The van der Waals surface area contributed by atoms with E-state index in [1.54, 1.807) is 0 Å². The largest absolute Gasteiger partial charge is 0.330 e. The summed E-state index contributed by atoms with van der Waals surface area (Å²) < 4.78 is 0.